The summed E-state index contributed by atoms with van der Waals surface area (Å²) in [6.45, 7) is 2.15. The van der Waals surface area contributed by atoms with Crippen LogP contribution >= 0.6 is 0 Å². The van der Waals surface area contributed by atoms with Crippen molar-refractivity contribution in [3.05, 3.63) is 108 Å². The van der Waals surface area contributed by atoms with Gasteiger partial charge in [-0.1, -0.05) is 84.9 Å². The maximum Gasteiger partial charge on any atom is 0.0991 e. The first kappa shape index (κ1) is 16.8. The standard InChI is InChI=1S/C26H19N/c1-19-9-2-3-12-22(19)24-14-6-7-16-26(24)25-15-5-4-13-23(25)21-11-8-10-20(17-21)18-27/h2-17H,1H3. The molecule has 1 nitrogen and oxygen atoms in total. The predicted molar refractivity (Wildman–Crippen MR) is 112 cm³/mol. The van der Waals surface area contributed by atoms with Crippen LogP contribution in [0, 0.1) is 18.3 Å². The number of benzene rings is 4. The zero-order valence-corrected chi connectivity index (χ0v) is 15.2. The van der Waals surface area contributed by atoms with Gasteiger partial charge in [0.05, 0.1) is 11.6 Å². The minimum absolute atomic E-state index is 0.675. The van der Waals surface area contributed by atoms with Crippen molar-refractivity contribution >= 4 is 0 Å². The number of nitrogens with zero attached hydrogens (tertiary/aromatic N) is 1. The van der Waals surface area contributed by atoms with Gasteiger partial charge in [-0.2, -0.15) is 5.26 Å². The maximum absolute atomic E-state index is 9.27. The van der Waals surface area contributed by atoms with Gasteiger partial charge in [-0.05, 0) is 58.0 Å². The number of nitriles is 1. The van der Waals surface area contributed by atoms with Crippen LogP contribution in [0.3, 0.4) is 0 Å². The summed E-state index contributed by atoms with van der Waals surface area (Å²) in [5, 5.41) is 9.27. The van der Waals surface area contributed by atoms with Gasteiger partial charge >= 0.3 is 0 Å². The minimum Gasteiger partial charge on any atom is -0.192 e. The Kier molecular flexibility index (Phi) is 4.56. The Labute approximate surface area is 160 Å². The monoisotopic (exact) mass is 345 g/mol. The number of rotatable bonds is 3. The Morgan fingerprint density at radius 3 is 1.70 bits per heavy atom. The largest absolute Gasteiger partial charge is 0.192 e. The highest BCUT2D eigenvalue weighted by atomic mass is 14.2. The van der Waals surface area contributed by atoms with Crippen molar-refractivity contribution in [1.82, 2.24) is 0 Å². The van der Waals surface area contributed by atoms with Crippen LogP contribution in [0.5, 0.6) is 0 Å². The molecule has 128 valence electrons. The summed E-state index contributed by atoms with van der Waals surface area (Å²) < 4.78 is 0. The molecule has 4 aromatic rings. The molecule has 0 fully saturated rings. The SMILES string of the molecule is Cc1ccccc1-c1ccccc1-c1ccccc1-c1cccc(C#N)c1. The van der Waals surface area contributed by atoms with Gasteiger partial charge < -0.3 is 0 Å². The lowest BCUT2D eigenvalue weighted by molar-refractivity contribution is 1.45. The summed E-state index contributed by atoms with van der Waals surface area (Å²) >= 11 is 0. The molecule has 4 aromatic carbocycles. The molecule has 27 heavy (non-hydrogen) atoms. The molecule has 0 aromatic heterocycles. The molecule has 0 N–H and O–H groups in total. The van der Waals surface area contributed by atoms with Crippen molar-refractivity contribution in [2.24, 2.45) is 0 Å². The Morgan fingerprint density at radius 1 is 0.556 bits per heavy atom. The molecule has 0 amide bonds. The van der Waals surface area contributed by atoms with Crippen LogP contribution in [0.4, 0.5) is 0 Å². The van der Waals surface area contributed by atoms with Crippen molar-refractivity contribution in [2.75, 3.05) is 0 Å². The van der Waals surface area contributed by atoms with Gasteiger partial charge in [-0.25, -0.2) is 0 Å². The highest BCUT2D eigenvalue weighted by Crippen LogP contribution is 2.38. The minimum atomic E-state index is 0.675. The summed E-state index contributed by atoms with van der Waals surface area (Å²) in [4.78, 5) is 0. The van der Waals surface area contributed by atoms with Crippen molar-refractivity contribution < 1.29 is 0 Å². The van der Waals surface area contributed by atoms with Gasteiger partial charge in [0.1, 0.15) is 0 Å². The molecule has 0 saturated carbocycles. The summed E-state index contributed by atoms with van der Waals surface area (Å²) in [5.74, 6) is 0. The van der Waals surface area contributed by atoms with Crippen molar-refractivity contribution in [3.8, 4) is 39.4 Å². The molecular weight excluding hydrogens is 326 g/mol. The van der Waals surface area contributed by atoms with Gasteiger partial charge in [-0.3, -0.25) is 0 Å². The molecule has 0 aliphatic heterocycles. The zero-order chi connectivity index (χ0) is 18.6. The van der Waals surface area contributed by atoms with Gasteiger partial charge in [0.15, 0.2) is 0 Å². The van der Waals surface area contributed by atoms with E-state index < -0.39 is 0 Å². The molecule has 1 heteroatoms. The highest BCUT2D eigenvalue weighted by molar-refractivity contribution is 5.92. The molecule has 0 spiro atoms. The van der Waals surface area contributed by atoms with Crippen LogP contribution in [-0.4, -0.2) is 0 Å². The lowest BCUT2D eigenvalue weighted by Crippen LogP contribution is -1.90. The van der Waals surface area contributed by atoms with E-state index in [0.29, 0.717) is 5.56 Å². The van der Waals surface area contributed by atoms with Crippen LogP contribution in [-0.2, 0) is 0 Å². The van der Waals surface area contributed by atoms with Gasteiger partial charge in [-0.15, -0.1) is 0 Å². The van der Waals surface area contributed by atoms with E-state index in [1.807, 2.05) is 24.3 Å². The highest BCUT2D eigenvalue weighted by Gasteiger charge is 2.13. The topological polar surface area (TPSA) is 23.8 Å². The molecule has 0 radical (unpaired) electrons. The van der Waals surface area contributed by atoms with Crippen LogP contribution in [0.1, 0.15) is 11.1 Å². The maximum atomic E-state index is 9.27. The van der Waals surface area contributed by atoms with Crippen LogP contribution < -0.4 is 0 Å². The second-order valence-corrected chi connectivity index (χ2v) is 6.60. The van der Waals surface area contributed by atoms with E-state index >= 15 is 0 Å². The zero-order valence-electron chi connectivity index (χ0n) is 15.2. The van der Waals surface area contributed by atoms with E-state index in [1.54, 1.807) is 0 Å². The molecule has 0 aliphatic carbocycles. The molecule has 0 heterocycles. The number of hydrogen-bond donors (Lipinski definition) is 0. The van der Waals surface area contributed by atoms with Gasteiger partial charge in [0.25, 0.3) is 0 Å². The quantitative estimate of drug-likeness (QED) is 0.397. The second-order valence-electron chi connectivity index (χ2n) is 6.60. The first-order chi connectivity index (χ1) is 13.3. The third-order valence-corrected chi connectivity index (χ3v) is 4.88. The van der Waals surface area contributed by atoms with E-state index in [4.69, 9.17) is 0 Å². The third-order valence-electron chi connectivity index (χ3n) is 4.88. The summed E-state index contributed by atoms with van der Waals surface area (Å²) in [5.41, 5.74) is 8.97. The lowest BCUT2D eigenvalue weighted by atomic mass is 9.88. The molecule has 0 atom stereocenters. The normalized spacial score (nSPS) is 10.4. The predicted octanol–water partition coefficient (Wildman–Crippen LogP) is 6.87. The third kappa shape index (κ3) is 3.26. The first-order valence-electron chi connectivity index (χ1n) is 9.03. The fourth-order valence-corrected chi connectivity index (χ4v) is 3.55. The second kappa shape index (κ2) is 7.32. The molecular formula is C26H19N. The average Bonchev–Trinajstić information content (AvgIpc) is 2.74. The van der Waals surface area contributed by atoms with Crippen LogP contribution in [0.25, 0.3) is 33.4 Å². The Balaban J connectivity index is 1.95. The Morgan fingerprint density at radius 2 is 1.07 bits per heavy atom. The molecule has 0 aliphatic rings. The number of hydrogen-bond acceptors (Lipinski definition) is 1. The van der Waals surface area contributed by atoms with Gasteiger partial charge in [0.2, 0.25) is 0 Å². The van der Waals surface area contributed by atoms with E-state index in [9.17, 15) is 5.26 Å². The van der Waals surface area contributed by atoms with Crippen LogP contribution in [0.2, 0.25) is 0 Å². The Hall–Kier alpha value is -3.63. The summed E-state index contributed by atoms with van der Waals surface area (Å²) in [6, 6.07) is 35.5. The molecule has 4 rings (SSSR count). The van der Waals surface area contributed by atoms with Crippen molar-refractivity contribution in [2.45, 2.75) is 6.92 Å². The number of aryl methyl sites for hydroxylation is 1. The van der Waals surface area contributed by atoms with E-state index in [2.05, 4.69) is 85.8 Å². The summed E-state index contributed by atoms with van der Waals surface area (Å²) in [7, 11) is 0. The summed E-state index contributed by atoms with van der Waals surface area (Å²) in [6.07, 6.45) is 0. The fourth-order valence-electron chi connectivity index (χ4n) is 3.55. The van der Waals surface area contributed by atoms with E-state index in [0.717, 1.165) is 11.1 Å². The van der Waals surface area contributed by atoms with Crippen LogP contribution in [0.15, 0.2) is 97.1 Å². The lowest BCUT2D eigenvalue weighted by Gasteiger charge is -2.16. The average molecular weight is 345 g/mol. The van der Waals surface area contributed by atoms with Gasteiger partial charge in [0, 0.05) is 0 Å². The van der Waals surface area contributed by atoms with Crippen molar-refractivity contribution in [3.63, 3.8) is 0 Å². The first-order valence-corrected chi connectivity index (χ1v) is 9.03. The van der Waals surface area contributed by atoms with E-state index in [1.165, 1.54) is 27.8 Å². The smallest absolute Gasteiger partial charge is 0.0991 e. The fraction of sp³-hybridized carbons (Fsp3) is 0.0385. The molecule has 0 unspecified atom stereocenters. The Bertz CT molecular complexity index is 1150. The molecule has 0 bridgehead atoms. The molecule has 0 saturated heterocycles. The van der Waals surface area contributed by atoms with Crippen molar-refractivity contribution in [1.29, 1.82) is 5.26 Å². The van der Waals surface area contributed by atoms with E-state index in [-0.39, 0.29) is 0 Å².